The molecule has 1 aromatic rings. The van der Waals surface area contributed by atoms with Gasteiger partial charge in [-0.05, 0) is 24.8 Å². The number of hydrogen-bond acceptors (Lipinski definition) is 9. The van der Waals surface area contributed by atoms with Crippen molar-refractivity contribution in [2.24, 2.45) is 4.99 Å². The fraction of sp³-hybridized carbons (Fsp3) is 0.417. The van der Waals surface area contributed by atoms with Gasteiger partial charge in [-0.1, -0.05) is 23.9 Å². The van der Waals surface area contributed by atoms with Gasteiger partial charge in [0.15, 0.2) is 5.17 Å². The van der Waals surface area contributed by atoms with E-state index in [0.29, 0.717) is 48.3 Å². The van der Waals surface area contributed by atoms with Gasteiger partial charge in [-0.3, -0.25) is 19.7 Å². The fourth-order valence-electron chi connectivity index (χ4n) is 4.50. The number of aliphatic imine (C=N–C) groups is 1. The maximum Gasteiger partial charge on any atom is 0.338 e. The number of non-ortho nitro benzene ring substituents is 1. The predicted octanol–water partition coefficient (Wildman–Crippen LogP) is 2.81. The molecule has 12 heteroatoms. The van der Waals surface area contributed by atoms with Gasteiger partial charge in [0.25, 0.3) is 5.69 Å². The van der Waals surface area contributed by atoms with Crippen LogP contribution in [0.25, 0.3) is 0 Å². The molecule has 0 aromatic heterocycles. The molecular weight excluding hydrogens is 486 g/mol. The lowest BCUT2D eigenvalue weighted by Crippen LogP contribution is -2.50. The molecule has 0 bridgehead atoms. The Hall–Kier alpha value is -3.67. The van der Waals surface area contributed by atoms with E-state index in [9.17, 15) is 24.5 Å². The first-order valence-corrected chi connectivity index (χ1v) is 12.5. The minimum atomic E-state index is -0.736. The molecule has 3 aliphatic heterocycles. The second kappa shape index (κ2) is 10.5. The third-order valence-corrected chi connectivity index (χ3v) is 7.19. The minimum absolute atomic E-state index is 0.0142. The zero-order valence-corrected chi connectivity index (χ0v) is 21.1. The quantitative estimate of drug-likeness (QED) is 0.323. The predicted molar refractivity (Wildman–Crippen MR) is 134 cm³/mol. The Morgan fingerprint density at radius 2 is 1.89 bits per heavy atom. The number of thioether (sulfide) groups is 1. The van der Waals surface area contributed by atoms with Crippen LogP contribution in [-0.2, 0) is 19.1 Å². The average molecular weight is 514 g/mol. The van der Waals surface area contributed by atoms with Gasteiger partial charge in [0, 0.05) is 50.9 Å². The molecule has 2 amide bonds. The Labute approximate surface area is 212 Å². The molecule has 1 unspecified atom stereocenters. The van der Waals surface area contributed by atoms with Crippen LogP contribution in [0.1, 0.15) is 38.8 Å². The van der Waals surface area contributed by atoms with Crippen molar-refractivity contribution >= 4 is 40.4 Å². The summed E-state index contributed by atoms with van der Waals surface area (Å²) in [7, 11) is 0. The van der Waals surface area contributed by atoms with Gasteiger partial charge < -0.3 is 19.4 Å². The molecule has 11 nitrogen and oxygen atoms in total. The summed E-state index contributed by atoms with van der Waals surface area (Å²) in [5, 5.41) is 13.9. The zero-order chi connectivity index (χ0) is 26.0. The highest BCUT2D eigenvalue weighted by molar-refractivity contribution is 8.16. The summed E-state index contributed by atoms with van der Waals surface area (Å²) in [6.07, 6.45) is 0.0622. The molecule has 36 heavy (non-hydrogen) atoms. The van der Waals surface area contributed by atoms with Crippen LogP contribution in [0.15, 0.2) is 51.6 Å². The van der Waals surface area contributed by atoms with Crippen molar-refractivity contribution in [3.8, 4) is 0 Å². The standard InChI is InChI=1S/C24H27N5O6S/c1-4-35-23(32)21-15(2)25-24-28(22(21)17-6-5-7-18(12-17)29(33)34)19(14-36-24)13-20(31)27-10-8-26(9-11-27)16(3)30/h5-7,12,14,22H,4,8-11,13H2,1-3H3. The highest BCUT2D eigenvalue weighted by atomic mass is 32.2. The molecule has 0 saturated carbocycles. The average Bonchev–Trinajstić information content (AvgIpc) is 3.25. The van der Waals surface area contributed by atoms with Crippen LogP contribution in [0.2, 0.25) is 0 Å². The number of amides is 2. The molecule has 1 fully saturated rings. The SMILES string of the molecule is CCOC(=O)C1=C(C)N=C2SC=C(CC(=O)N3CCN(C(C)=O)CC3)N2C1c1cccc([N+](=O)[O-])c1. The van der Waals surface area contributed by atoms with Crippen molar-refractivity contribution in [1.29, 1.82) is 0 Å². The Kier molecular flexibility index (Phi) is 7.43. The van der Waals surface area contributed by atoms with Crippen LogP contribution >= 0.6 is 11.8 Å². The van der Waals surface area contributed by atoms with E-state index >= 15 is 0 Å². The number of carbonyl (C=O) groups is 3. The molecule has 3 heterocycles. The lowest BCUT2D eigenvalue weighted by molar-refractivity contribution is -0.384. The van der Waals surface area contributed by atoms with Crippen molar-refractivity contribution in [3.05, 3.63) is 62.3 Å². The van der Waals surface area contributed by atoms with E-state index in [0.717, 1.165) is 0 Å². The third kappa shape index (κ3) is 4.99. The summed E-state index contributed by atoms with van der Waals surface area (Å²) in [6, 6.07) is 5.38. The van der Waals surface area contributed by atoms with E-state index in [2.05, 4.69) is 4.99 Å². The smallest absolute Gasteiger partial charge is 0.338 e. The van der Waals surface area contributed by atoms with Crippen LogP contribution in [0.5, 0.6) is 0 Å². The minimum Gasteiger partial charge on any atom is -0.463 e. The molecule has 190 valence electrons. The summed E-state index contributed by atoms with van der Waals surface area (Å²) >= 11 is 1.34. The summed E-state index contributed by atoms with van der Waals surface area (Å²) in [4.78, 5) is 58.6. The summed E-state index contributed by atoms with van der Waals surface area (Å²) in [6.45, 7) is 6.94. The largest absolute Gasteiger partial charge is 0.463 e. The van der Waals surface area contributed by atoms with E-state index in [1.54, 1.807) is 40.7 Å². The van der Waals surface area contributed by atoms with Crippen molar-refractivity contribution in [2.45, 2.75) is 33.2 Å². The Morgan fingerprint density at radius 1 is 1.19 bits per heavy atom. The van der Waals surface area contributed by atoms with Gasteiger partial charge in [0.05, 0.1) is 35.3 Å². The molecular formula is C24H27N5O6S. The van der Waals surface area contributed by atoms with E-state index in [1.807, 2.05) is 5.41 Å². The Morgan fingerprint density at radius 3 is 2.53 bits per heavy atom. The molecule has 3 aliphatic rings. The highest BCUT2D eigenvalue weighted by Gasteiger charge is 2.42. The summed E-state index contributed by atoms with van der Waals surface area (Å²) in [5.41, 5.74) is 1.80. The third-order valence-electron chi connectivity index (χ3n) is 6.30. The van der Waals surface area contributed by atoms with Crippen molar-refractivity contribution in [3.63, 3.8) is 0 Å². The molecule has 0 spiro atoms. The van der Waals surface area contributed by atoms with Gasteiger partial charge in [0.2, 0.25) is 11.8 Å². The number of nitrogens with zero attached hydrogens (tertiary/aromatic N) is 5. The molecule has 1 atom stereocenters. The first-order valence-electron chi connectivity index (χ1n) is 11.6. The second-order valence-corrected chi connectivity index (χ2v) is 9.37. The van der Waals surface area contributed by atoms with Gasteiger partial charge in [-0.25, -0.2) is 9.79 Å². The monoisotopic (exact) mass is 513 g/mol. The van der Waals surface area contributed by atoms with Crippen LogP contribution < -0.4 is 0 Å². The van der Waals surface area contributed by atoms with Gasteiger partial charge in [0.1, 0.15) is 0 Å². The first-order chi connectivity index (χ1) is 17.2. The number of esters is 1. The Bertz CT molecular complexity index is 1200. The number of ether oxygens (including phenoxy) is 1. The first kappa shape index (κ1) is 25.4. The number of allylic oxidation sites excluding steroid dienone is 1. The second-order valence-electron chi connectivity index (χ2n) is 8.53. The summed E-state index contributed by atoms with van der Waals surface area (Å²) in [5.74, 6) is -0.676. The van der Waals surface area contributed by atoms with Crippen molar-refractivity contribution in [2.75, 3.05) is 32.8 Å². The molecule has 1 saturated heterocycles. The number of amidine groups is 1. The fourth-order valence-corrected chi connectivity index (χ4v) is 5.47. The molecule has 1 aromatic carbocycles. The number of hydrogen-bond donors (Lipinski definition) is 0. The van der Waals surface area contributed by atoms with E-state index in [-0.39, 0.29) is 36.1 Å². The van der Waals surface area contributed by atoms with Crippen molar-refractivity contribution in [1.82, 2.24) is 14.7 Å². The molecule has 0 aliphatic carbocycles. The normalized spacial score (nSPS) is 19.5. The number of benzene rings is 1. The Balaban J connectivity index is 1.65. The zero-order valence-electron chi connectivity index (χ0n) is 20.3. The van der Waals surface area contributed by atoms with E-state index in [1.165, 1.54) is 30.8 Å². The topological polar surface area (TPSA) is 126 Å². The van der Waals surface area contributed by atoms with Gasteiger partial charge in [-0.2, -0.15) is 0 Å². The van der Waals surface area contributed by atoms with E-state index in [4.69, 9.17) is 4.74 Å². The molecule has 0 radical (unpaired) electrons. The molecule has 4 rings (SSSR count). The van der Waals surface area contributed by atoms with E-state index < -0.39 is 16.9 Å². The lowest BCUT2D eigenvalue weighted by Gasteiger charge is -2.37. The van der Waals surface area contributed by atoms with Crippen LogP contribution in [0.4, 0.5) is 5.69 Å². The van der Waals surface area contributed by atoms with Crippen LogP contribution in [0.3, 0.4) is 0 Å². The highest BCUT2D eigenvalue weighted by Crippen LogP contribution is 2.45. The number of carbonyl (C=O) groups excluding carboxylic acids is 3. The van der Waals surface area contributed by atoms with Gasteiger partial charge in [-0.15, -0.1) is 0 Å². The van der Waals surface area contributed by atoms with Crippen LogP contribution in [-0.4, -0.2) is 75.4 Å². The number of nitro benzene ring substituents is 1. The van der Waals surface area contributed by atoms with Crippen LogP contribution in [0, 0.1) is 10.1 Å². The van der Waals surface area contributed by atoms with Gasteiger partial charge >= 0.3 is 5.97 Å². The summed E-state index contributed by atoms with van der Waals surface area (Å²) < 4.78 is 5.31. The lowest BCUT2D eigenvalue weighted by atomic mass is 9.93. The number of piperazine rings is 1. The maximum atomic E-state index is 13.2. The number of fused-ring (bicyclic) bond motifs is 1. The number of nitro groups is 1. The van der Waals surface area contributed by atoms with Crippen molar-refractivity contribution < 1.29 is 24.0 Å². The molecule has 0 N–H and O–H groups in total. The maximum absolute atomic E-state index is 13.2. The number of rotatable bonds is 6.